The second-order valence-electron chi connectivity index (χ2n) is 7.64. The van der Waals surface area contributed by atoms with Crippen LogP contribution in [0.15, 0.2) is 72.3 Å². The van der Waals surface area contributed by atoms with Crippen molar-refractivity contribution >= 4 is 61.4 Å². The van der Waals surface area contributed by atoms with Crippen LogP contribution in [-0.4, -0.2) is 26.7 Å². The standard InChI is InChI=1S/C24H13ClFN3O5S/c25-14-6-9-17-18(11-14)35-24(27-17)28-20(13-2-1-3-16(10-13)29(33)34)19(22(31)23(28)32)21(30)12-4-7-15(26)8-5-12/h1-11,20,30H. The molecule has 0 bridgehead atoms. The number of benzene rings is 3. The number of aromatic nitrogens is 1. The molecule has 8 nitrogen and oxygen atoms in total. The predicted molar refractivity (Wildman–Crippen MR) is 129 cm³/mol. The largest absolute Gasteiger partial charge is 0.507 e. The van der Waals surface area contributed by atoms with E-state index in [-0.39, 0.29) is 27.5 Å². The third-order valence-electron chi connectivity index (χ3n) is 5.50. The first-order valence-electron chi connectivity index (χ1n) is 10.1. The number of anilines is 1. The van der Waals surface area contributed by atoms with E-state index in [1.165, 1.54) is 36.4 Å². The van der Waals surface area contributed by atoms with Crippen molar-refractivity contribution < 1.29 is 24.0 Å². The molecule has 1 aliphatic rings. The maximum Gasteiger partial charge on any atom is 0.301 e. The van der Waals surface area contributed by atoms with Gasteiger partial charge in [-0.2, -0.15) is 0 Å². The third-order valence-corrected chi connectivity index (χ3v) is 6.76. The van der Waals surface area contributed by atoms with Gasteiger partial charge in [0.1, 0.15) is 11.6 Å². The molecular weight excluding hydrogens is 497 g/mol. The summed E-state index contributed by atoms with van der Waals surface area (Å²) in [5, 5.41) is 23.1. The highest BCUT2D eigenvalue weighted by Gasteiger charge is 2.48. The summed E-state index contributed by atoms with van der Waals surface area (Å²) in [6.07, 6.45) is 0. The molecule has 0 aliphatic carbocycles. The van der Waals surface area contributed by atoms with Crippen LogP contribution in [0.2, 0.25) is 5.02 Å². The molecule has 4 aromatic rings. The molecular formula is C24H13ClFN3O5S. The summed E-state index contributed by atoms with van der Waals surface area (Å²) in [5.74, 6) is -3.05. The van der Waals surface area contributed by atoms with Crippen molar-refractivity contribution in [3.05, 3.63) is 104 Å². The van der Waals surface area contributed by atoms with Gasteiger partial charge in [-0.1, -0.05) is 35.1 Å². The Hall–Kier alpha value is -4.15. The number of hydrogen-bond acceptors (Lipinski definition) is 7. The van der Waals surface area contributed by atoms with Crippen molar-refractivity contribution in [3.8, 4) is 0 Å². The van der Waals surface area contributed by atoms with E-state index in [1.54, 1.807) is 18.2 Å². The van der Waals surface area contributed by atoms with Gasteiger partial charge in [0, 0.05) is 22.7 Å². The molecule has 1 aliphatic heterocycles. The van der Waals surface area contributed by atoms with Crippen LogP contribution >= 0.6 is 22.9 Å². The lowest BCUT2D eigenvalue weighted by atomic mass is 9.95. The number of carbonyl (C=O) groups is 2. The molecule has 1 saturated heterocycles. The Balaban J connectivity index is 1.75. The SMILES string of the molecule is O=C1C(=O)N(c2nc3ccc(Cl)cc3s2)C(c2cccc([N+](=O)[O-])c2)C1=C(O)c1ccc(F)cc1. The normalized spacial score (nSPS) is 17.3. The molecule has 1 N–H and O–H groups in total. The zero-order chi connectivity index (χ0) is 24.9. The van der Waals surface area contributed by atoms with Crippen molar-refractivity contribution in [2.24, 2.45) is 0 Å². The number of fused-ring (bicyclic) bond motifs is 1. The summed E-state index contributed by atoms with van der Waals surface area (Å²) in [5.41, 5.74) is 0.313. The van der Waals surface area contributed by atoms with Gasteiger partial charge in [0.15, 0.2) is 5.13 Å². The van der Waals surface area contributed by atoms with Gasteiger partial charge in [0.25, 0.3) is 11.5 Å². The van der Waals surface area contributed by atoms with Crippen molar-refractivity contribution in [3.63, 3.8) is 0 Å². The zero-order valence-electron chi connectivity index (χ0n) is 17.5. The zero-order valence-corrected chi connectivity index (χ0v) is 19.1. The predicted octanol–water partition coefficient (Wildman–Crippen LogP) is 5.62. The Morgan fingerprint density at radius 1 is 1.11 bits per heavy atom. The Kier molecular flexibility index (Phi) is 5.54. The average molecular weight is 510 g/mol. The monoisotopic (exact) mass is 509 g/mol. The highest BCUT2D eigenvalue weighted by molar-refractivity contribution is 7.22. The number of aliphatic hydroxyl groups is 1. The van der Waals surface area contributed by atoms with Crippen LogP contribution in [0.5, 0.6) is 0 Å². The minimum atomic E-state index is -1.21. The van der Waals surface area contributed by atoms with Crippen LogP contribution in [0.1, 0.15) is 17.2 Å². The van der Waals surface area contributed by atoms with E-state index in [0.717, 1.165) is 28.4 Å². The molecule has 1 fully saturated rings. The molecule has 5 rings (SSSR count). The van der Waals surface area contributed by atoms with E-state index in [2.05, 4.69) is 4.98 Å². The van der Waals surface area contributed by atoms with E-state index in [9.17, 15) is 29.2 Å². The van der Waals surface area contributed by atoms with Gasteiger partial charge in [-0.3, -0.25) is 24.6 Å². The second-order valence-corrected chi connectivity index (χ2v) is 9.08. The first-order valence-corrected chi connectivity index (χ1v) is 11.3. The van der Waals surface area contributed by atoms with Crippen LogP contribution in [0, 0.1) is 15.9 Å². The van der Waals surface area contributed by atoms with Gasteiger partial charge >= 0.3 is 5.91 Å². The molecule has 11 heteroatoms. The van der Waals surface area contributed by atoms with Gasteiger partial charge in [0.05, 0.1) is 26.8 Å². The molecule has 1 amide bonds. The number of aliphatic hydroxyl groups excluding tert-OH is 1. The number of halogens is 2. The molecule has 174 valence electrons. The van der Waals surface area contributed by atoms with Crippen LogP contribution in [0.3, 0.4) is 0 Å². The van der Waals surface area contributed by atoms with Gasteiger partial charge in [-0.15, -0.1) is 0 Å². The first-order chi connectivity index (χ1) is 16.7. The van der Waals surface area contributed by atoms with Crippen LogP contribution < -0.4 is 4.90 Å². The van der Waals surface area contributed by atoms with Crippen LogP contribution in [0.25, 0.3) is 16.0 Å². The highest BCUT2D eigenvalue weighted by Crippen LogP contribution is 2.45. The van der Waals surface area contributed by atoms with Crippen molar-refractivity contribution in [2.75, 3.05) is 4.90 Å². The first kappa shape index (κ1) is 22.6. The number of hydrogen-bond donors (Lipinski definition) is 1. The fourth-order valence-corrected chi connectivity index (χ4v) is 5.17. The minimum absolute atomic E-state index is 0.107. The maximum atomic E-state index is 13.4. The quantitative estimate of drug-likeness (QED) is 0.125. The Morgan fingerprint density at radius 3 is 2.57 bits per heavy atom. The molecule has 1 atom stereocenters. The van der Waals surface area contributed by atoms with E-state index in [0.29, 0.717) is 15.2 Å². The van der Waals surface area contributed by atoms with E-state index in [1.807, 2.05) is 0 Å². The number of amides is 1. The minimum Gasteiger partial charge on any atom is -0.507 e. The smallest absolute Gasteiger partial charge is 0.301 e. The fourth-order valence-electron chi connectivity index (χ4n) is 3.91. The maximum absolute atomic E-state index is 13.4. The topological polar surface area (TPSA) is 114 Å². The van der Waals surface area contributed by atoms with Crippen molar-refractivity contribution in [1.29, 1.82) is 0 Å². The summed E-state index contributed by atoms with van der Waals surface area (Å²) < 4.78 is 14.1. The fraction of sp³-hybridized carbons (Fsp3) is 0.0417. The molecule has 0 saturated carbocycles. The van der Waals surface area contributed by atoms with Crippen LogP contribution in [0.4, 0.5) is 15.2 Å². The summed E-state index contributed by atoms with van der Waals surface area (Å²) in [6.45, 7) is 0. The average Bonchev–Trinajstić information content (AvgIpc) is 3.37. The number of ketones is 1. The summed E-state index contributed by atoms with van der Waals surface area (Å²) in [6, 6.07) is 13.9. The lowest BCUT2D eigenvalue weighted by molar-refractivity contribution is -0.384. The summed E-state index contributed by atoms with van der Waals surface area (Å²) in [4.78, 5) is 42.8. The number of Topliss-reactive ketones (excluding diaryl/α,β-unsaturated/α-hetero) is 1. The lowest BCUT2D eigenvalue weighted by Gasteiger charge is -2.22. The van der Waals surface area contributed by atoms with Crippen molar-refractivity contribution in [1.82, 2.24) is 4.98 Å². The molecule has 0 radical (unpaired) electrons. The molecule has 0 spiro atoms. The number of nitro benzene ring substituents is 1. The van der Waals surface area contributed by atoms with Crippen LogP contribution in [-0.2, 0) is 9.59 Å². The number of rotatable bonds is 4. The molecule has 35 heavy (non-hydrogen) atoms. The molecule has 1 unspecified atom stereocenters. The lowest BCUT2D eigenvalue weighted by Crippen LogP contribution is -2.29. The Bertz CT molecular complexity index is 1570. The highest BCUT2D eigenvalue weighted by atomic mass is 35.5. The van der Waals surface area contributed by atoms with Gasteiger partial charge in [0.2, 0.25) is 0 Å². The van der Waals surface area contributed by atoms with Gasteiger partial charge < -0.3 is 5.11 Å². The second kappa shape index (κ2) is 8.57. The van der Waals surface area contributed by atoms with E-state index < -0.39 is 34.2 Å². The van der Waals surface area contributed by atoms with Gasteiger partial charge in [-0.25, -0.2) is 9.37 Å². The van der Waals surface area contributed by atoms with Crippen molar-refractivity contribution in [2.45, 2.75) is 6.04 Å². The number of non-ortho nitro benzene ring substituents is 1. The molecule has 2 heterocycles. The number of thiazole rings is 1. The van der Waals surface area contributed by atoms with E-state index >= 15 is 0 Å². The summed E-state index contributed by atoms with van der Waals surface area (Å²) in [7, 11) is 0. The molecule has 1 aromatic heterocycles. The summed E-state index contributed by atoms with van der Waals surface area (Å²) >= 11 is 7.17. The molecule has 3 aromatic carbocycles. The third kappa shape index (κ3) is 3.92. The Morgan fingerprint density at radius 2 is 1.86 bits per heavy atom. The number of carbonyl (C=O) groups excluding carboxylic acids is 2. The number of nitrogens with zero attached hydrogens (tertiary/aromatic N) is 3. The Labute approximate surface area is 205 Å². The number of nitro groups is 1. The van der Waals surface area contributed by atoms with E-state index in [4.69, 9.17) is 11.6 Å². The van der Waals surface area contributed by atoms with Gasteiger partial charge in [-0.05, 0) is 48.0 Å².